The number of fused-ring (bicyclic) bond motifs is 1. The molecular formula is C15H24N4. The summed E-state index contributed by atoms with van der Waals surface area (Å²) in [6, 6.07) is 1.43. The van der Waals surface area contributed by atoms with E-state index in [1.54, 1.807) is 0 Å². The van der Waals surface area contributed by atoms with Crippen molar-refractivity contribution in [3.05, 3.63) is 11.9 Å². The summed E-state index contributed by atoms with van der Waals surface area (Å²) in [4.78, 5) is 7.42. The molecule has 1 aromatic heterocycles. The molecule has 1 N–H and O–H groups in total. The summed E-state index contributed by atoms with van der Waals surface area (Å²) in [7, 11) is 0. The van der Waals surface area contributed by atoms with E-state index in [1.807, 2.05) is 0 Å². The zero-order valence-corrected chi connectivity index (χ0v) is 11.8. The monoisotopic (exact) mass is 260 g/mol. The van der Waals surface area contributed by atoms with Crippen molar-refractivity contribution >= 4 is 5.95 Å². The van der Waals surface area contributed by atoms with E-state index in [2.05, 4.69) is 27.9 Å². The number of nitrogens with zero attached hydrogens (tertiary/aromatic N) is 3. The second-order valence-corrected chi connectivity index (χ2v) is 6.39. The van der Waals surface area contributed by atoms with Gasteiger partial charge in [-0.05, 0) is 44.6 Å². The van der Waals surface area contributed by atoms with Crippen LogP contribution in [0.3, 0.4) is 0 Å². The van der Waals surface area contributed by atoms with Gasteiger partial charge in [0.25, 0.3) is 0 Å². The van der Waals surface area contributed by atoms with Gasteiger partial charge in [0, 0.05) is 31.4 Å². The third-order valence-corrected chi connectivity index (χ3v) is 4.95. The lowest BCUT2D eigenvalue weighted by atomic mass is 9.94. The molecule has 2 atom stereocenters. The van der Waals surface area contributed by atoms with E-state index in [9.17, 15) is 0 Å². The molecule has 2 saturated heterocycles. The van der Waals surface area contributed by atoms with Crippen LogP contribution in [0.1, 0.15) is 44.3 Å². The molecule has 3 heterocycles. The fraction of sp³-hybridized carbons (Fsp3) is 0.800. The van der Waals surface area contributed by atoms with Crippen LogP contribution in [0.2, 0.25) is 0 Å². The summed E-state index contributed by atoms with van der Waals surface area (Å²) in [6.45, 7) is 5.75. The number of hydrogen-bond donors (Lipinski definition) is 1. The van der Waals surface area contributed by atoms with Gasteiger partial charge < -0.3 is 14.8 Å². The predicted molar refractivity (Wildman–Crippen MR) is 76.6 cm³/mol. The van der Waals surface area contributed by atoms with Gasteiger partial charge in [-0.25, -0.2) is 4.98 Å². The maximum Gasteiger partial charge on any atom is 0.206 e. The minimum Gasteiger partial charge on any atom is -0.340 e. The molecule has 1 aromatic rings. The first kappa shape index (κ1) is 11.8. The number of piperidine rings is 1. The van der Waals surface area contributed by atoms with Gasteiger partial charge in [0.05, 0.1) is 5.69 Å². The maximum atomic E-state index is 4.89. The number of aromatic nitrogens is 2. The molecule has 4 nitrogen and oxygen atoms in total. The van der Waals surface area contributed by atoms with Crippen LogP contribution in [0.5, 0.6) is 0 Å². The fourth-order valence-corrected chi connectivity index (χ4v) is 3.67. The molecule has 2 unspecified atom stereocenters. The van der Waals surface area contributed by atoms with E-state index >= 15 is 0 Å². The molecule has 1 aliphatic carbocycles. The Balaban J connectivity index is 1.59. The van der Waals surface area contributed by atoms with Crippen molar-refractivity contribution < 1.29 is 0 Å². The van der Waals surface area contributed by atoms with Gasteiger partial charge in [0.15, 0.2) is 0 Å². The molecule has 1 saturated carbocycles. The topological polar surface area (TPSA) is 33.1 Å². The maximum absolute atomic E-state index is 4.89. The minimum absolute atomic E-state index is 0.697. The van der Waals surface area contributed by atoms with E-state index in [0.29, 0.717) is 6.04 Å². The normalized spacial score (nSPS) is 30.7. The van der Waals surface area contributed by atoms with Crippen LogP contribution in [0.4, 0.5) is 5.95 Å². The van der Waals surface area contributed by atoms with Crippen molar-refractivity contribution in [2.45, 2.75) is 51.1 Å². The van der Waals surface area contributed by atoms with Gasteiger partial charge in [-0.2, -0.15) is 0 Å². The molecule has 0 radical (unpaired) electrons. The van der Waals surface area contributed by atoms with Gasteiger partial charge >= 0.3 is 0 Å². The highest BCUT2D eigenvalue weighted by Crippen LogP contribution is 2.39. The number of rotatable bonds is 3. The number of hydrogen-bond acceptors (Lipinski definition) is 3. The number of anilines is 1. The fourth-order valence-electron chi connectivity index (χ4n) is 3.67. The predicted octanol–water partition coefficient (Wildman–Crippen LogP) is 1.97. The summed E-state index contributed by atoms with van der Waals surface area (Å²) in [5.74, 6) is 2.08. The number of nitrogens with one attached hydrogen (secondary N) is 1. The number of imidazole rings is 1. The van der Waals surface area contributed by atoms with Gasteiger partial charge in [-0.1, -0.05) is 6.92 Å². The second-order valence-electron chi connectivity index (χ2n) is 6.39. The highest BCUT2D eigenvalue weighted by molar-refractivity contribution is 5.38. The molecular weight excluding hydrogens is 236 g/mol. The van der Waals surface area contributed by atoms with Crippen molar-refractivity contribution in [2.24, 2.45) is 5.92 Å². The Labute approximate surface area is 115 Å². The third-order valence-electron chi connectivity index (χ3n) is 4.95. The van der Waals surface area contributed by atoms with E-state index in [4.69, 9.17) is 4.98 Å². The Morgan fingerprint density at radius 2 is 2.21 bits per heavy atom. The van der Waals surface area contributed by atoms with Gasteiger partial charge in [-0.15, -0.1) is 0 Å². The summed E-state index contributed by atoms with van der Waals surface area (Å²) in [5.41, 5.74) is 1.25. The van der Waals surface area contributed by atoms with Crippen molar-refractivity contribution in [2.75, 3.05) is 24.5 Å². The molecule has 3 aliphatic rings. The zero-order chi connectivity index (χ0) is 12.8. The van der Waals surface area contributed by atoms with Crippen LogP contribution in [0.15, 0.2) is 6.20 Å². The van der Waals surface area contributed by atoms with E-state index < -0.39 is 0 Å². The Bertz CT molecular complexity index is 449. The minimum atomic E-state index is 0.697. The van der Waals surface area contributed by atoms with Crippen molar-refractivity contribution in [3.63, 3.8) is 0 Å². The van der Waals surface area contributed by atoms with Crippen LogP contribution in [-0.2, 0) is 6.42 Å². The lowest BCUT2D eigenvalue weighted by Gasteiger charge is -2.24. The average Bonchev–Trinajstić information content (AvgIpc) is 3.05. The lowest BCUT2D eigenvalue weighted by Crippen LogP contribution is -2.40. The Morgan fingerprint density at radius 1 is 1.32 bits per heavy atom. The summed E-state index contributed by atoms with van der Waals surface area (Å²) in [5, 5.41) is 3.69. The average molecular weight is 260 g/mol. The van der Waals surface area contributed by atoms with Crippen LogP contribution in [0.25, 0.3) is 0 Å². The van der Waals surface area contributed by atoms with Crippen LogP contribution in [0, 0.1) is 5.92 Å². The van der Waals surface area contributed by atoms with E-state index in [0.717, 1.165) is 24.9 Å². The first-order valence-corrected chi connectivity index (χ1v) is 7.91. The van der Waals surface area contributed by atoms with Gasteiger partial charge in [0.1, 0.15) is 0 Å². The van der Waals surface area contributed by atoms with Crippen LogP contribution >= 0.6 is 0 Å². The zero-order valence-electron chi connectivity index (χ0n) is 11.8. The van der Waals surface area contributed by atoms with Gasteiger partial charge in [-0.3, -0.25) is 0 Å². The molecule has 0 bridgehead atoms. The molecule has 19 heavy (non-hydrogen) atoms. The summed E-state index contributed by atoms with van der Waals surface area (Å²) < 4.78 is 2.45. The SMILES string of the molecule is CCc1cn(C2CC2)c(N2CC3CCCNC3C2)n1. The second kappa shape index (κ2) is 4.51. The van der Waals surface area contributed by atoms with Gasteiger partial charge in [0.2, 0.25) is 5.95 Å². The standard InChI is InChI=1S/C15H24N4/c1-2-12-9-19(13-5-6-13)15(17-12)18-8-11-4-3-7-16-14(11)10-18/h9,11,13-14,16H,2-8,10H2,1H3. The Hall–Kier alpha value is -1.03. The Morgan fingerprint density at radius 3 is 2.95 bits per heavy atom. The summed E-state index contributed by atoms with van der Waals surface area (Å²) >= 11 is 0. The van der Waals surface area contributed by atoms with E-state index in [1.165, 1.54) is 50.4 Å². The molecule has 2 aliphatic heterocycles. The van der Waals surface area contributed by atoms with Crippen LogP contribution < -0.4 is 10.2 Å². The highest BCUT2D eigenvalue weighted by Gasteiger charge is 2.37. The smallest absolute Gasteiger partial charge is 0.206 e. The summed E-state index contributed by atoms with van der Waals surface area (Å²) in [6.07, 6.45) is 8.75. The molecule has 3 fully saturated rings. The Kier molecular flexibility index (Phi) is 2.79. The first-order chi connectivity index (χ1) is 9.35. The van der Waals surface area contributed by atoms with Crippen LogP contribution in [-0.4, -0.2) is 35.2 Å². The quantitative estimate of drug-likeness (QED) is 0.902. The molecule has 104 valence electrons. The molecule has 0 amide bonds. The first-order valence-electron chi connectivity index (χ1n) is 7.91. The highest BCUT2D eigenvalue weighted by atomic mass is 15.3. The van der Waals surface area contributed by atoms with Crippen molar-refractivity contribution in [1.82, 2.24) is 14.9 Å². The number of aryl methyl sites for hydroxylation is 1. The van der Waals surface area contributed by atoms with Crippen molar-refractivity contribution in [3.8, 4) is 0 Å². The van der Waals surface area contributed by atoms with E-state index in [-0.39, 0.29) is 0 Å². The molecule has 0 aromatic carbocycles. The third kappa shape index (κ3) is 2.06. The lowest BCUT2D eigenvalue weighted by molar-refractivity contribution is 0.340. The molecule has 4 rings (SSSR count). The van der Waals surface area contributed by atoms with Crippen molar-refractivity contribution in [1.29, 1.82) is 0 Å². The molecule has 4 heteroatoms. The molecule has 0 spiro atoms. The largest absolute Gasteiger partial charge is 0.340 e.